The molecule has 2 amide bonds. The van der Waals surface area contributed by atoms with Crippen molar-refractivity contribution in [3.8, 4) is 5.75 Å². The van der Waals surface area contributed by atoms with Crippen molar-refractivity contribution >= 4 is 40.0 Å². The summed E-state index contributed by atoms with van der Waals surface area (Å²) < 4.78 is 5.56. The van der Waals surface area contributed by atoms with E-state index in [1.807, 2.05) is 37.3 Å². The molecular weight excluding hydrogens is 378 g/mol. The Morgan fingerprint density at radius 1 is 1.07 bits per heavy atom. The van der Waals surface area contributed by atoms with Crippen molar-refractivity contribution in [1.82, 2.24) is 10.3 Å². The second kappa shape index (κ2) is 9.19. The lowest BCUT2D eigenvalue weighted by Gasteiger charge is -2.11. The molecule has 0 aliphatic carbocycles. The van der Waals surface area contributed by atoms with Crippen LogP contribution in [-0.4, -0.2) is 29.9 Å². The first-order valence-electron chi connectivity index (χ1n) is 8.89. The van der Waals surface area contributed by atoms with Crippen molar-refractivity contribution in [1.29, 1.82) is 0 Å². The molecule has 0 spiro atoms. The molecule has 7 heteroatoms. The Hall–Kier alpha value is -3.12. The van der Waals surface area contributed by atoms with E-state index >= 15 is 0 Å². The normalized spacial score (nSPS) is 10.5. The molecule has 0 fully saturated rings. The van der Waals surface area contributed by atoms with Crippen LogP contribution in [-0.2, 0) is 16.0 Å². The Bertz CT molecular complexity index is 1010. The molecule has 3 aromatic rings. The number of hydrogen-bond donors (Lipinski definition) is 2. The molecule has 0 radical (unpaired) electrons. The number of aromatic nitrogens is 1. The van der Waals surface area contributed by atoms with E-state index in [4.69, 9.17) is 16.3 Å². The van der Waals surface area contributed by atoms with E-state index in [1.54, 1.807) is 24.4 Å². The Morgan fingerprint density at radius 2 is 1.89 bits per heavy atom. The van der Waals surface area contributed by atoms with Gasteiger partial charge in [0.2, 0.25) is 5.91 Å². The second-order valence-corrected chi connectivity index (χ2v) is 6.48. The van der Waals surface area contributed by atoms with Crippen LogP contribution in [0.15, 0.2) is 54.7 Å². The molecule has 0 bridgehead atoms. The number of benzene rings is 2. The highest BCUT2D eigenvalue weighted by atomic mass is 35.5. The van der Waals surface area contributed by atoms with E-state index in [2.05, 4.69) is 15.6 Å². The van der Waals surface area contributed by atoms with Crippen molar-refractivity contribution in [2.24, 2.45) is 0 Å². The number of amides is 2. The van der Waals surface area contributed by atoms with Gasteiger partial charge in [0.05, 0.1) is 11.6 Å². The molecule has 1 aromatic heterocycles. The third-order valence-corrected chi connectivity index (χ3v) is 4.49. The molecule has 28 heavy (non-hydrogen) atoms. The minimum atomic E-state index is -0.405. The predicted octanol–water partition coefficient (Wildman–Crippen LogP) is 3.58. The molecule has 0 saturated heterocycles. The van der Waals surface area contributed by atoms with Crippen LogP contribution in [0.5, 0.6) is 5.75 Å². The van der Waals surface area contributed by atoms with Crippen LogP contribution in [0.2, 0.25) is 5.02 Å². The molecule has 0 atom stereocenters. The molecule has 0 saturated carbocycles. The highest BCUT2D eigenvalue weighted by Gasteiger charge is 2.11. The molecule has 0 aliphatic rings. The number of fused-ring (bicyclic) bond motifs is 1. The van der Waals surface area contributed by atoms with Crippen molar-refractivity contribution < 1.29 is 14.3 Å². The molecule has 144 valence electrons. The maximum Gasteiger partial charge on any atom is 0.258 e. The molecule has 0 aliphatic heterocycles. The highest BCUT2D eigenvalue weighted by Crippen LogP contribution is 2.29. The van der Waals surface area contributed by atoms with Gasteiger partial charge in [-0.05, 0) is 42.3 Å². The summed E-state index contributed by atoms with van der Waals surface area (Å²) in [6, 6.07) is 14.5. The minimum Gasteiger partial charge on any atom is -0.481 e. The molecule has 2 aromatic carbocycles. The molecule has 1 heterocycles. The van der Waals surface area contributed by atoms with Crippen LogP contribution in [0, 0.1) is 0 Å². The fourth-order valence-corrected chi connectivity index (χ4v) is 2.96. The largest absolute Gasteiger partial charge is 0.481 e. The summed E-state index contributed by atoms with van der Waals surface area (Å²) in [6.07, 6.45) is 2.43. The Kier molecular flexibility index (Phi) is 6.45. The summed E-state index contributed by atoms with van der Waals surface area (Å²) in [5.74, 6) is -0.248. The van der Waals surface area contributed by atoms with Gasteiger partial charge in [-0.1, -0.05) is 36.7 Å². The number of aryl methyl sites for hydroxylation is 1. The summed E-state index contributed by atoms with van der Waals surface area (Å²) in [4.78, 5) is 28.4. The zero-order valence-corrected chi connectivity index (χ0v) is 16.1. The smallest absolute Gasteiger partial charge is 0.258 e. The van der Waals surface area contributed by atoms with E-state index in [9.17, 15) is 9.59 Å². The van der Waals surface area contributed by atoms with Crippen LogP contribution >= 0.6 is 11.6 Å². The molecular formula is C21H20ClN3O3. The topological polar surface area (TPSA) is 80.3 Å². The Morgan fingerprint density at radius 3 is 2.71 bits per heavy atom. The quantitative estimate of drug-likeness (QED) is 0.638. The lowest BCUT2D eigenvalue weighted by molar-refractivity contribution is -0.125. The van der Waals surface area contributed by atoms with Gasteiger partial charge >= 0.3 is 0 Å². The number of anilines is 1. The predicted molar refractivity (Wildman–Crippen MR) is 110 cm³/mol. The molecule has 2 N–H and O–H groups in total. The fourth-order valence-electron chi connectivity index (χ4n) is 2.75. The number of hydrogen-bond acceptors (Lipinski definition) is 4. The number of pyridine rings is 1. The minimum absolute atomic E-state index is 0.139. The molecule has 3 rings (SSSR count). The Labute approximate surface area is 167 Å². The number of para-hydroxylation sites is 1. The van der Waals surface area contributed by atoms with Crippen molar-refractivity contribution in [2.45, 2.75) is 13.3 Å². The molecule has 0 unspecified atom stereocenters. The lowest BCUT2D eigenvalue weighted by Crippen LogP contribution is -2.35. The van der Waals surface area contributed by atoms with Gasteiger partial charge in [-0.2, -0.15) is 0 Å². The average Bonchev–Trinajstić information content (AvgIpc) is 2.72. The van der Waals surface area contributed by atoms with Gasteiger partial charge < -0.3 is 15.4 Å². The fraction of sp³-hybridized carbons (Fsp3) is 0.190. The maximum atomic E-state index is 12.1. The van der Waals surface area contributed by atoms with Gasteiger partial charge in [-0.25, -0.2) is 0 Å². The van der Waals surface area contributed by atoms with E-state index < -0.39 is 5.91 Å². The number of nitrogens with zero attached hydrogens (tertiary/aromatic N) is 1. The molecule has 6 nitrogen and oxygen atoms in total. The number of ether oxygens (including phenoxy) is 1. The lowest BCUT2D eigenvalue weighted by atomic mass is 10.1. The van der Waals surface area contributed by atoms with Gasteiger partial charge in [-0.15, -0.1) is 0 Å². The third-order valence-electron chi connectivity index (χ3n) is 4.16. The number of rotatable bonds is 7. The van der Waals surface area contributed by atoms with Crippen molar-refractivity contribution in [3.63, 3.8) is 0 Å². The first-order valence-corrected chi connectivity index (χ1v) is 9.26. The zero-order chi connectivity index (χ0) is 19.9. The first-order chi connectivity index (χ1) is 13.6. The van der Waals surface area contributed by atoms with Crippen molar-refractivity contribution in [2.75, 3.05) is 18.5 Å². The SMILES string of the molecule is CCc1ccccc1NC(=O)CNC(=O)COc1ccc(Cl)c2cccnc12. The number of nitrogens with one attached hydrogen (secondary N) is 2. The Balaban J connectivity index is 1.53. The summed E-state index contributed by atoms with van der Waals surface area (Å²) in [6.45, 7) is 1.64. The first kappa shape index (κ1) is 19.6. The zero-order valence-electron chi connectivity index (χ0n) is 15.4. The van der Waals surface area contributed by atoms with Gasteiger partial charge in [0.15, 0.2) is 6.61 Å². The van der Waals surface area contributed by atoms with Crippen molar-refractivity contribution in [3.05, 3.63) is 65.3 Å². The summed E-state index contributed by atoms with van der Waals surface area (Å²) in [5, 5.41) is 6.65. The van der Waals surface area contributed by atoms with Gasteiger partial charge in [-0.3, -0.25) is 14.6 Å². The van der Waals surface area contributed by atoms with Crippen LogP contribution in [0.25, 0.3) is 10.9 Å². The standard InChI is InChI=1S/C21H20ClN3O3/c1-2-14-6-3-4-8-17(14)25-19(26)12-24-20(27)13-28-18-10-9-16(22)15-7-5-11-23-21(15)18/h3-11H,2,12-13H2,1H3,(H,24,27)(H,25,26). The monoisotopic (exact) mass is 397 g/mol. The van der Waals surface area contributed by atoms with Gasteiger partial charge in [0.25, 0.3) is 5.91 Å². The second-order valence-electron chi connectivity index (χ2n) is 6.07. The average molecular weight is 398 g/mol. The number of carbonyl (C=O) groups is 2. The van der Waals surface area contributed by atoms with E-state index in [0.717, 1.165) is 23.1 Å². The third kappa shape index (κ3) is 4.78. The van der Waals surface area contributed by atoms with Crippen LogP contribution in [0.3, 0.4) is 0 Å². The highest BCUT2D eigenvalue weighted by molar-refractivity contribution is 6.35. The summed E-state index contributed by atoms with van der Waals surface area (Å²) in [5.41, 5.74) is 2.36. The van der Waals surface area contributed by atoms with Crippen LogP contribution in [0.1, 0.15) is 12.5 Å². The van der Waals surface area contributed by atoms with Gasteiger partial charge in [0, 0.05) is 17.3 Å². The van der Waals surface area contributed by atoms with E-state index in [1.165, 1.54) is 0 Å². The van der Waals surface area contributed by atoms with E-state index in [-0.39, 0.29) is 19.1 Å². The van der Waals surface area contributed by atoms with Crippen LogP contribution < -0.4 is 15.4 Å². The summed E-state index contributed by atoms with van der Waals surface area (Å²) in [7, 11) is 0. The number of carbonyl (C=O) groups excluding carboxylic acids is 2. The maximum absolute atomic E-state index is 12.1. The van der Waals surface area contributed by atoms with Crippen LogP contribution in [0.4, 0.5) is 5.69 Å². The van der Waals surface area contributed by atoms with E-state index in [0.29, 0.717) is 16.3 Å². The summed E-state index contributed by atoms with van der Waals surface area (Å²) >= 11 is 6.15. The number of halogens is 1. The van der Waals surface area contributed by atoms with Gasteiger partial charge in [0.1, 0.15) is 11.3 Å².